The third-order valence-corrected chi connectivity index (χ3v) is 9.90. The Hall–Kier alpha value is -1.67. The lowest BCUT2D eigenvalue weighted by Crippen LogP contribution is -2.56. The molecule has 35 heavy (non-hydrogen) atoms. The molecule has 8 nitrogen and oxygen atoms in total. The molecule has 0 aromatic carbocycles. The lowest BCUT2D eigenvalue weighted by Gasteiger charge is -2.42. The average Bonchev–Trinajstić information content (AvgIpc) is 3.28. The van der Waals surface area contributed by atoms with Crippen LogP contribution < -0.4 is 5.32 Å². The molecule has 5 rings (SSSR count). The van der Waals surface area contributed by atoms with Crippen LogP contribution in [0, 0.1) is 5.92 Å². The third-order valence-electron chi connectivity index (χ3n) is 9.90. The van der Waals surface area contributed by atoms with Crippen molar-refractivity contribution in [3.8, 4) is 0 Å². The van der Waals surface area contributed by atoms with Gasteiger partial charge < -0.3 is 20.0 Å². The standard InChI is InChI=1S/C27H45N5O3/c1-20(33)31-12-8-22(9-13-31)29(2)23-16-24-26(35)28-27(17-25(34)32(24)19-23)10-14-30(15-11-27)18-21-6-4-3-5-7-21/h21-24H,3-19H2,1-2H3,(H,28,35)/t23-,24-/m0/s1. The van der Waals surface area contributed by atoms with Crippen molar-refractivity contribution in [1.82, 2.24) is 24.9 Å². The van der Waals surface area contributed by atoms with Gasteiger partial charge in [0.15, 0.2) is 0 Å². The summed E-state index contributed by atoms with van der Waals surface area (Å²) in [6.45, 7) is 7.03. The van der Waals surface area contributed by atoms with Crippen molar-refractivity contribution >= 4 is 17.7 Å². The van der Waals surface area contributed by atoms with Crippen LogP contribution in [0.3, 0.4) is 0 Å². The molecule has 1 spiro atoms. The fraction of sp³-hybridized carbons (Fsp3) is 0.889. The summed E-state index contributed by atoms with van der Waals surface area (Å²) in [6.07, 6.45) is 11.7. The van der Waals surface area contributed by atoms with Crippen LogP contribution in [-0.4, -0.2) is 107 Å². The number of carbonyl (C=O) groups excluding carboxylic acids is 3. The van der Waals surface area contributed by atoms with E-state index in [2.05, 4.69) is 22.2 Å². The highest BCUT2D eigenvalue weighted by atomic mass is 16.2. The minimum Gasteiger partial charge on any atom is -0.348 e. The number of hydrogen-bond acceptors (Lipinski definition) is 5. The number of nitrogens with zero attached hydrogens (tertiary/aromatic N) is 4. The van der Waals surface area contributed by atoms with E-state index in [1.807, 2.05) is 9.80 Å². The van der Waals surface area contributed by atoms with Gasteiger partial charge in [-0.3, -0.25) is 19.3 Å². The molecule has 1 aliphatic carbocycles. The summed E-state index contributed by atoms with van der Waals surface area (Å²) in [6, 6.07) is 0.263. The lowest BCUT2D eigenvalue weighted by molar-refractivity contribution is -0.136. The van der Waals surface area contributed by atoms with Crippen molar-refractivity contribution < 1.29 is 14.4 Å². The van der Waals surface area contributed by atoms with Gasteiger partial charge in [0, 0.05) is 58.3 Å². The van der Waals surface area contributed by atoms with E-state index in [4.69, 9.17) is 0 Å². The molecule has 4 aliphatic heterocycles. The maximum atomic E-state index is 13.4. The molecule has 4 saturated heterocycles. The topological polar surface area (TPSA) is 76.2 Å². The Balaban J connectivity index is 1.15. The Labute approximate surface area is 210 Å². The van der Waals surface area contributed by atoms with Crippen LogP contribution in [0.25, 0.3) is 0 Å². The zero-order chi connectivity index (χ0) is 24.6. The van der Waals surface area contributed by atoms with Gasteiger partial charge in [0.25, 0.3) is 0 Å². The normalized spacial score (nSPS) is 31.1. The van der Waals surface area contributed by atoms with Gasteiger partial charge in [0.05, 0.1) is 12.0 Å². The van der Waals surface area contributed by atoms with Gasteiger partial charge in [-0.15, -0.1) is 0 Å². The first-order valence-electron chi connectivity index (χ1n) is 14.1. The van der Waals surface area contributed by atoms with Crippen molar-refractivity contribution in [2.45, 2.75) is 101 Å². The van der Waals surface area contributed by atoms with Gasteiger partial charge in [-0.05, 0) is 57.9 Å². The van der Waals surface area contributed by atoms with E-state index < -0.39 is 0 Å². The molecular formula is C27H45N5O3. The van der Waals surface area contributed by atoms with E-state index in [9.17, 15) is 14.4 Å². The zero-order valence-corrected chi connectivity index (χ0v) is 21.8. The Morgan fingerprint density at radius 2 is 1.69 bits per heavy atom. The SMILES string of the molecule is CC(=O)N1CCC(N(C)[C@H]2C[C@H]3C(=O)NC4(CCN(CC5CCCCC5)CC4)CC(=O)N3C2)CC1. The van der Waals surface area contributed by atoms with Gasteiger partial charge in [0.2, 0.25) is 17.7 Å². The summed E-state index contributed by atoms with van der Waals surface area (Å²) in [5, 5.41) is 3.39. The Bertz CT molecular complexity index is 769. The number of amides is 3. The summed E-state index contributed by atoms with van der Waals surface area (Å²) in [7, 11) is 2.14. The summed E-state index contributed by atoms with van der Waals surface area (Å²) in [4.78, 5) is 47.2. The molecule has 0 bridgehead atoms. The summed E-state index contributed by atoms with van der Waals surface area (Å²) in [5.74, 6) is 1.18. The Morgan fingerprint density at radius 1 is 1.00 bits per heavy atom. The fourth-order valence-electron chi connectivity index (χ4n) is 7.50. The predicted molar refractivity (Wildman–Crippen MR) is 135 cm³/mol. The monoisotopic (exact) mass is 487 g/mol. The molecule has 1 N–H and O–H groups in total. The first kappa shape index (κ1) is 25.0. The number of fused-ring (bicyclic) bond motifs is 1. The Morgan fingerprint density at radius 3 is 2.34 bits per heavy atom. The predicted octanol–water partition coefficient (Wildman–Crippen LogP) is 1.83. The molecule has 0 aromatic heterocycles. The van der Waals surface area contributed by atoms with Crippen LogP contribution in [0.2, 0.25) is 0 Å². The van der Waals surface area contributed by atoms with Gasteiger partial charge in [-0.1, -0.05) is 19.3 Å². The largest absolute Gasteiger partial charge is 0.348 e. The van der Waals surface area contributed by atoms with E-state index in [1.54, 1.807) is 6.92 Å². The van der Waals surface area contributed by atoms with Crippen LogP contribution in [0.5, 0.6) is 0 Å². The highest BCUT2D eigenvalue weighted by molar-refractivity contribution is 5.92. The zero-order valence-electron chi connectivity index (χ0n) is 21.8. The molecule has 8 heteroatoms. The maximum absolute atomic E-state index is 13.4. The summed E-state index contributed by atoms with van der Waals surface area (Å²) < 4.78 is 0. The smallest absolute Gasteiger partial charge is 0.243 e. The number of piperidine rings is 2. The van der Waals surface area contributed by atoms with Gasteiger partial charge in [0.1, 0.15) is 6.04 Å². The first-order valence-corrected chi connectivity index (χ1v) is 14.1. The second-order valence-electron chi connectivity index (χ2n) is 12.1. The number of nitrogens with one attached hydrogen (secondary N) is 1. The van der Waals surface area contributed by atoms with E-state index >= 15 is 0 Å². The number of likely N-dealkylation sites (tertiary alicyclic amines) is 2. The molecule has 0 radical (unpaired) electrons. The van der Waals surface area contributed by atoms with E-state index in [0.29, 0.717) is 25.4 Å². The van der Waals surface area contributed by atoms with Gasteiger partial charge >= 0.3 is 0 Å². The van der Waals surface area contributed by atoms with Crippen molar-refractivity contribution in [3.05, 3.63) is 0 Å². The molecule has 0 aromatic rings. The fourth-order valence-corrected chi connectivity index (χ4v) is 7.50. The minimum atomic E-state index is -0.359. The van der Waals surface area contributed by atoms with E-state index in [-0.39, 0.29) is 35.3 Å². The highest BCUT2D eigenvalue weighted by Gasteiger charge is 2.50. The van der Waals surface area contributed by atoms with E-state index in [0.717, 1.165) is 57.8 Å². The number of rotatable bonds is 4. The summed E-state index contributed by atoms with van der Waals surface area (Å²) in [5.41, 5.74) is -0.359. The van der Waals surface area contributed by atoms with Crippen molar-refractivity contribution in [2.75, 3.05) is 46.3 Å². The Kier molecular flexibility index (Phi) is 7.40. The quantitative estimate of drug-likeness (QED) is 0.655. The van der Waals surface area contributed by atoms with Crippen LogP contribution in [-0.2, 0) is 14.4 Å². The molecule has 196 valence electrons. The van der Waals surface area contributed by atoms with Crippen molar-refractivity contribution in [1.29, 1.82) is 0 Å². The maximum Gasteiger partial charge on any atom is 0.243 e. The molecule has 5 aliphatic rings. The van der Waals surface area contributed by atoms with Gasteiger partial charge in [-0.25, -0.2) is 0 Å². The molecule has 1 saturated carbocycles. The second-order valence-corrected chi connectivity index (χ2v) is 12.1. The molecule has 4 heterocycles. The average molecular weight is 488 g/mol. The van der Waals surface area contributed by atoms with Crippen molar-refractivity contribution in [3.63, 3.8) is 0 Å². The van der Waals surface area contributed by atoms with E-state index in [1.165, 1.54) is 38.6 Å². The second kappa shape index (κ2) is 10.4. The summed E-state index contributed by atoms with van der Waals surface area (Å²) >= 11 is 0. The highest BCUT2D eigenvalue weighted by Crippen LogP contribution is 2.35. The van der Waals surface area contributed by atoms with Crippen molar-refractivity contribution in [2.24, 2.45) is 5.92 Å². The molecule has 3 amide bonds. The first-order chi connectivity index (χ1) is 16.8. The molecule has 2 atom stereocenters. The molecule has 5 fully saturated rings. The van der Waals surface area contributed by atoms with Crippen LogP contribution in [0.4, 0.5) is 0 Å². The third kappa shape index (κ3) is 5.38. The van der Waals surface area contributed by atoms with Crippen LogP contribution >= 0.6 is 0 Å². The van der Waals surface area contributed by atoms with Crippen LogP contribution in [0.15, 0.2) is 0 Å². The minimum absolute atomic E-state index is 0.0545. The van der Waals surface area contributed by atoms with Gasteiger partial charge in [-0.2, -0.15) is 0 Å². The molecule has 0 unspecified atom stereocenters. The molecular weight excluding hydrogens is 442 g/mol. The number of hydrogen-bond donors (Lipinski definition) is 1. The van der Waals surface area contributed by atoms with Crippen LogP contribution in [0.1, 0.15) is 77.6 Å². The number of likely N-dealkylation sites (N-methyl/N-ethyl adjacent to an activating group) is 1. The lowest BCUT2D eigenvalue weighted by atomic mass is 9.82. The number of carbonyl (C=O) groups is 3.